The first-order valence-corrected chi connectivity index (χ1v) is 9.25. The second-order valence-electron chi connectivity index (χ2n) is 7.03. The normalized spacial score (nSPS) is 16.4. The number of amides is 1. The van der Waals surface area contributed by atoms with Gasteiger partial charge >= 0.3 is 0 Å². The van der Waals surface area contributed by atoms with Crippen LogP contribution >= 0.6 is 0 Å². The molecule has 3 aromatic rings. The summed E-state index contributed by atoms with van der Waals surface area (Å²) in [5.41, 5.74) is 8.13. The van der Waals surface area contributed by atoms with Gasteiger partial charge in [-0.3, -0.25) is 14.5 Å². The number of aromatic amines is 1. The molecule has 8 nitrogen and oxygen atoms in total. The summed E-state index contributed by atoms with van der Waals surface area (Å²) in [6.45, 7) is 0.846. The molecular formula is C21H22N4O4. The van der Waals surface area contributed by atoms with Gasteiger partial charge in [-0.15, -0.1) is 0 Å². The number of H-pyrrole nitrogens is 1. The van der Waals surface area contributed by atoms with Crippen molar-refractivity contribution >= 4 is 16.8 Å². The van der Waals surface area contributed by atoms with Crippen molar-refractivity contribution in [3.05, 3.63) is 63.7 Å². The van der Waals surface area contributed by atoms with Crippen molar-refractivity contribution in [3.63, 3.8) is 0 Å². The van der Waals surface area contributed by atoms with Crippen LogP contribution in [0.2, 0.25) is 0 Å². The third-order valence-electron chi connectivity index (χ3n) is 5.29. The number of rotatable bonds is 5. The molecule has 1 unspecified atom stereocenters. The molecule has 0 radical (unpaired) electrons. The lowest BCUT2D eigenvalue weighted by Crippen LogP contribution is -2.48. The number of aromatic nitrogens is 2. The number of fused-ring (bicyclic) bond motifs is 2. The number of ether oxygens (including phenoxy) is 2. The van der Waals surface area contributed by atoms with E-state index in [9.17, 15) is 9.59 Å². The summed E-state index contributed by atoms with van der Waals surface area (Å²) in [5.74, 6) is 1.02. The molecule has 3 N–H and O–H groups in total. The third kappa shape index (κ3) is 3.54. The fourth-order valence-corrected chi connectivity index (χ4v) is 3.81. The Morgan fingerprint density at radius 3 is 2.59 bits per heavy atom. The zero-order valence-electron chi connectivity index (χ0n) is 16.3. The molecule has 1 aromatic heterocycles. The van der Waals surface area contributed by atoms with Crippen LogP contribution in [0, 0.1) is 0 Å². The number of hydrogen-bond acceptors (Lipinski definition) is 6. The van der Waals surface area contributed by atoms with Crippen molar-refractivity contribution in [2.24, 2.45) is 5.73 Å². The van der Waals surface area contributed by atoms with Crippen molar-refractivity contribution in [1.29, 1.82) is 0 Å². The topological polar surface area (TPSA) is 111 Å². The van der Waals surface area contributed by atoms with Crippen LogP contribution in [0.4, 0.5) is 0 Å². The van der Waals surface area contributed by atoms with Crippen molar-refractivity contribution in [1.82, 2.24) is 14.9 Å². The van der Waals surface area contributed by atoms with Crippen molar-refractivity contribution in [2.45, 2.75) is 25.6 Å². The lowest BCUT2D eigenvalue weighted by Gasteiger charge is -2.34. The smallest absolute Gasteiger partial charge is 0.258 e. The number of primary amides is 1. The van der Waals surface area contributed by atoms with Gasteiger partial charge in [0.1, 0.15) is 5.82 Å². The van der Waals surface area contributed by atoms with Gasteiger partial charge in [0, 0.05) is 12.6 Å². The van der Waals surface area contributed by atoms with Gasteiger partial charge in [-0.1, -0.05) is 24.3 Å². The molecule has 0 fully saturated rings. The standard InChI is InChI=1S/C21H22N4O4/c1-28-17-8-14-15(9-18(17)29-2)23-19(24-21(14)27)11-25-10-13-6-4-3-5-12(13)7-16(25)20(22)26/h3-6,8-9,16H,7,10-11H2,1-2H3,(H2,22,26)(H,23,24,27). The van der Waals surface area contributed by atoms with Crippen LogP contribution in [0.25, 0.3) is 10.9 Å². The van der Waals surface area contributed by atoms with E-state index >= 15 is 0 Å². The maximum Gasteiger partial charge on any atom is 0.258 e. The molecule has 0 saturated heterocycles. The highest BCUT2D eigenvalue weighted by molar-refractivity contribution is 5.82. The maximum atomic E-state index is 12.6. The third-order valence-corrected chi connectivity index (χ3v) is 5.29. The molecule has 150 valence electrons. The number of carbonyl (C=O) groups excluding carboxylic acids is 1. The van der Waals surface area contributed by atoms with Crippen LogP contribution in [0.3, 0.4) is 0 Å². The van der Waals surface area contributed by atoms with Crippen molar-refractivity contribution in [3.8, 4) is 11.5 Å². The molecule has 8 heteroatoms. The van der Waals surface area contributed by atoms with E-state index in [2.05, 4.69) is 9.97 Å². The average Bonchev–Trinajstić information content (AvgIpc) is 2.72. The van der Waals surface area contributed by atoms with E-state index in [0.717, 1.165) is 11.1 Å². The van der Waals surface area contributed by atoms with Crippen molar-refractivity contribution < 1.29 is 14.3 Å². The van der Waals surface area contributed by atoms with E-state index in [1.165, 1.54) is 14.2 Å². The van der Waals surface area contributed by atoms with Crippen LogP contribution in [-0.4, -0.2) is 41.0 Å². The minimum absolute atomic E-state index is 0.279. The number of benzene rings is 2. The molecule has 1 aliphatic heterocycles. The van der Waals surface area contributed by atoms with Gasteiger partial charge in [-0.2, -0.15) is 0 Å². The Balaban J connectivity index is 1.71. The minimum atomic E-state index is -0.462. The summed E-state index contributed by atoms with van der Waals surface area (Å²) in [5, 5.41) is 0.404. The van der Waals surface area contributed by atoms with Crippen LogP contribution < -0.4 is 20.8 Å². The highest BCUT2D eigenvalue weighted by Gasteiger charge is 2.30. The van der Waals surface area contributed by atoms with Gasteiger partial charge < -0.3 is 20.2 Å². The molecular weight excluding hydrogens is 372 g/mol. The molecule has 0 aliphatic carbocycles. The lowest BCUT2D eigenvalue weighted by atomic mass is 9.93. The summed E-state index contributed by atoms with van der Waals surface area (Å²) in [6.07, 6.45) is 0.536. The zero-order chi connectivity index (χ0) is 20.5. The summed E-state index contributed by atoms with van der Waals surface area (Å²) in [4.78, 5) is 34.0. The first-order valence-electron chi connectivity index (χ1n) is 9.25. The Labute approximate surface area is 167 Å². The second-order valence-corrected chi connectivity index (χ2v) is 7.03. The predicted molar refractivity (Wildman–Crippen MR) is 108 cm³/mol. The van der Waals surface area contributed by atoms with Crippen LogP contribution in [0.1, 0.15) is 17.0 Å². The van der Waals surface area contributed by atoms with Gasteiger partial charge in [0.15, 0.2) is 11.5 Å². The monoisotopic (exact) mass is 394 g/mol. The number of nitrogens with zero attached hydrogens (tertiary/aromatic N) is 2. The van der Waals surface area contributed by atoms with E-state index in [1.807, 2.05) is 29.2 Å². The average molecular weight is 394 g/mol. The Hall–Kier alpha value is -3.39. The van der Waals surface area contributed by atoms with Crippen LogP contribution in [0.5, 0.6) is 11.5 Å². The Morgan fingerprint density at radius 1 is 1.21 bits per heavy atom. The summed E-state index contributed by atoms with van der Waals surface area (Å²) in [7, 11) is 3.04. The van der Waals surface area contributed by atoms with Gasteiger partial charge in [0.05, 0.1) is 37.7 Å². The molecule has 1 amide bonds. The number of carbonyl (C=O) groups is 1. The molecule has 2 aromatic carbocycles. The molecule has 29 heavy (non-hydrogen) atoms. The van der Waals surface area contributed by atoms with Gasteiger partial charge in [0.25, 0.3) is 5.56 Å². The van der Waals surface area contributed by atoms with E-state index in [4.69, 9.17) is 15.2 Å². The molecule has 0 spiro atoms. The van der Waals surface area contributed by atoms with Crippen molar-refractivity contribution in [2.75, 3.05) is 14.2 Å². The molecule has 2 heterocycles. The predicted octanol–water partition coefficient (Wildman–Crippen LogP) is 1.35. The van der Waals surface area contributed by atoms with Gasteiger partial charge in [0.2, 0.25) is 5.91 Å². The highest BCUT2D eigenvalue weighted by atomic mass is 16.5. The first-order chi connectivity index (χ1) is 14.0. The molecule has 1 atom stereocenters. The summed E-state index contributed by atoms with van der Waals surface area (Å²) < 4.78 is 10.6. The van der Waals surface area contributed by atoms with Gasteiger partial charge in [-0.05, 0) is 23.6 Å². The molecule has 4 rings (SSSR count). The van der Waals surface area contributed by atoms with E-state index < -0.39 is 11.9 Å². The maximum absolute atomic E-state index is 12.6. The Bertz CT molecular complexity index is 1140. The second kappa shape index (κ2) is 7.56. The largest absolute Gasteiger partial charge is 0.493 e. The molecule has 1 aliphatic rings. The Kier molecular flexibility index (Phi) is 4.94. The minimum Gasteiger partial charge on any atom is -0.493 e. The van der Waals surface area contributed by atoms with E-state index in [0.29, 0.717) is 47.7 Å². The quantitative estimate of drug-likeness (QED) is 0.676. The van der Waals surface area contributed by atoms with Crippen LogP contribution in [-0.2, 0) is 24.3 Å². The molecule has 0 saturated carbocycles. The summed E-state index contributed by atoms with van der Waals surface area (Å²) in [6, 6.07) is 10.8. The summed E-state index contributed by atoms with van der Waals surface area (Å²) >= 11 is 0. The number of hydrogen-bond donors (Lipinski definition) is 2. The number of nitrogens with one attached hydrogen (secondary N) is 1. The molecule has 0 bridgehead atoms. The highest BCUT2D eigenvalue weighted by Crippen LogP contribution is 2.30. The van der Waals surface area contributed by atoms with E-state index in [-0.39, 0.29) is 5.56 Å². The lowest BCUT2D eigenvalue weighted by molar-refractivity contribution is -0.124. The first kappa shape index (κ1) is 18.9. The van der Waals surface area contributed by atoms with Crippen LogP contribution in [0.15, 0.2) is 41.2 Å². The number of nitrogens with two attached hydrogens (primary N) is 1. The fourth-order valence-electron chi connectivity index (χ4n) is 3.81. The van der Waals surface area contributed by atoms with E-state index in [1.54, 1.807) is 12.1 Å². The Morgan fingerprint density at radius 2 is 1.90 bits per heavy atom. The van der Waals surface area contributed by atoms with Gasteiger partial charge in [-0.25, -0.2) is 4.98 Å². The zero-order valence-corrected chi connectivity index (χ0v) is 16.3. The number of methoxy groups -OCH3 is 2. The fraction of sp³-hybridized carbons (Fsp3) is 0.286. The SMILES string of the molecule is COc1cc2nc(CN3Cc4ccccc4CC3C(N)=O)[nH]c(=O)c2cc1OC.